The number of hydrogen-bond donors (Lipinski definition) is 2. The highest BCUT2D eigenvalue weighted by Gasteiger charge is 2.25. The number of aliphatic hydroxyl groups is 2. The summed E-state index contributed by atoms with van der Waals surface area (Å²) in [4.78, 5) is 12.6. The molecule has 1 aliphatic carbocycles. The van der Waals surface area contributed by atoms with Crippen LogP contribution in [0.2, 0.25) is 0 Å². The summed E-state index contributed by atoms with van der Waals surface area (Å²) in [6.07, 6.45) is 3.47. The highest BCUT2D eigenvalue weighted by atomic mass is 31.1. The van der Waals surface area contributed by atoms with E-state index < -0.39 is 13.9 Å². The molecule has 3 nitrogen and oxygen atoms in total. The van der Waals surface area contributed by atoms with E-state index in [0.717, 1.165) is 11.1 Å². The van der Waals surface area contributed by atoms with Crippen molar-refractivity contribution in [2.75, 3.05) is 0 Å². The van der Waals surface area contributed by atoms with Gasteiger partial charge in [-0.3, -0.25) is 0 Å². The molecule has 2 aromatic carbocycles. The second-order valence-corrected chi connectivity index (χ2v) is 6.56. The van der Waals surface area contributed by atoms with Crippen molar-refractivity contribution in [3.05, 3.63) is 78.6 Å². The topological polar surface area (TPSA) is 63.5 Å². The summed E-state index contributed by atoms with van der Waals surface area (Å²) in [5.74, 6) is -0.122. The summed E-state index contributed by atoms with van der Waals surface area (Å²) < 4.78 is 0. The normalized spacial score (nSPS) is 19.7. The molecular weight excluding hydrogens is 295 g/mol. The highest BCUT2D eigenvalue weighted by molar-refractivity contribution is 7.60. The van der Waals surface area contributed by atoms with E-state index in [1.54, 1.807) is 18.2 Å². The molecule has 2 atom stereocenters. The first kappa shape index (κ1) is 14.7. The van der Waals surface area contributed by atoms with E-state index in [0.29, 0.717) is 5.30 Å². The first-order valence-corrected chi connectivity index (χ1v) is 8.18. The molecule has 2 unspecified atom stereocenters. The lowest BCUT2D eigenvalue weighted by atomic mass is 10.1. The summed E-state index contributed by atoms with van der Waals surface area (Å²) in [5, 5.41) is 20.5. The third kappa shape index (κ3) is 2.88. The van der Waals surface area contributed by atoms with E-state index in [1.165, 1.54) is 12.2 Å². The Morgan fingerprint density at radius 2 is 1.55 bits per heavy atom. The summed E-state index contributed by atoms with van der Waals surface area (Å²) in [6, 6.07) is 17.2. The molecule has 0 aliphatic heterocycles. The summed E-state index contributed by atoms with van der Waals surface area (Å²) >= 11 is 0. The molecule has 0 saturated carbocycles. The maximum Gasteiger partial charge on any atom is 0.196 e. The van der Waals surface area contributed by atoms with Crippen LogP contribution in [0.15, 0.2) is 78.6 Å². The van der Waals surface area contributed by atoms with Crippen LogP contribution in [-0.4, -0.2) is 21.6 Å². The second-order valence-electron chi connectivity index (χ2n) is 4.97. The quantitative estimate of drug-likeness (QED) is 0.837. The number of aliphatic hydroxyl groups excluding tert-OH is 2. The number of hydrogen-bond acceptors (Lipinski definition) is 3. The van der Waals surface area contributed by atoms with Crippen molar-refractivity contribution in [2.24, 2.45) is 0 Å². The van der Waals surface area contributed by atoms with Crippen LogP contribution in [0.5, 0.6) is 0 Å². The van der Waals surface area contributed by atoms with Crippen LogP contribution in [0.1, 0.15) is 0 Å². The largest absolute Gasteiger partial charge is 0.625 e. The average Bonchev–Trinajstić information content (AvgIpc) is 2.55. The van der Waals surface area contributed by atoms with Gasteiger partial charge in [0.1, 0.15) is 19.2 Å². The fraction of sp³-hybridized carbons (Fsp3) is 0.0556. The smallest absolute Gasteiger partial charge is 0.196 e. The van der Waals surface area contributed by atoms with Crippen LogP contribution in [-0.2, 0) is 0 Å². The zero-order chi connectivity index (χ0) is 15.5. The molecular formula is C18H15O3P. The minimum absolute atomic E-state index is 0.122. The van der Waals surface area contributed by atoms with Crippen molar-refractivity contribution in [3.63, 3.8) is 0 Å². The van der Waals surface area contributed by atoms with Gasteiger partial charge in [-0.1, -0.05) is 36.4 Å². The van der Waals surface area contributed by atoms with Crippen molar-refractivity contribution in [1.82, 2.24) is 0 Å². The lowest BCUT2D eigenvalue weighted by Gasteiger charge is -2.13. The van der Waals surface area contributed by atoms with Gasteiger partial charge in [0.15, 0.2) is 11.1 Å². The summed E-state index contributed by atoms with van der Waals surface area (Å²) in [7, 11) is -2.01. The molecule has 2 N–H and O–H groups in total. The number of rotatable bonds is 2. The van der Waals surface area contributed by atoms with Gasteiger partial charge in [-0.25, -0.2) is 0 Å². The monoisotopic (exact) mass is 310 g/mol. The molecule has 2 aromatic rings. The van der Waals surface area contributed by atoms with Crippen molar-refractivity contribution in [2.45, 2.75) is 6.10 Å². The molecule has 22 heavy (non-hydrogen) atoms. The van der Waals surface area contributed by atoms with E-state index in [-0.39, 0.29) is 11.1 Å². The average molecular weight is 310 g/mol. The van der Waals surface area contributed by atoms with Gasteiger partial charge in [0, 0.05) is 0 Å². The molecule has 0 fully saturated rings. The summed E-state index contributed by atoms with van der Waals surface area (Å²) in [5.41, 5.74) is 2.11. The van der Waals surface area contributed by atoms with E-state index >= 15 is 0 Å². The van der Waals surface area contributed by atoms with E-state index in [1.807, 2.05) is 42.5 Å². The molecule has 110 valence electrons. The lowest BCUT2D eigenvalue weighted by Crippen LogP contribution is -2.26. The minimum Gasteiger partial charge on any atom is -0.625 e. The van der Waals surface area contributed by atoms with Gasteiger partial charge < -0.3 is 15.1 Å². The predicted molar refractivity (Wildman–Crippen MR) is 89.3 cm³/mol. The SMILES string of the molecule is [O-]/[P+](=C1/C(O)=CC=CC1O)c1ccc(-c2ccccc2)cc1. The molecule has 0 bridgehead atoms. The Labute approximate surface area is 130 Å². The molecule has 0 saturated heterocycles. The van der Waals surface area contributed by atoms with E-state index in [2.05, 4.69) is 0 Å². The van der Waals surface area contributed by atoms with Gasteiger partial charge in [-0.05, 0) is 47.5 Å². The Morgan fingerprint density at radius 1 is 0.909 bits per heavy atom. The molecule has 0 spiro atoms. The zero-order valence-corrected chi connectivity index (χ0v) is 12.6. The third-order valence-electron chi connectivity index (χ3n) is 3.52. The zero-order valence-electron chi connectivity index (χ0n) is 11.8. The first-order chi connectivity index (χ1) is 10.7. The van der Waals surface area contributed by atoms with Crippen LogP contribution in [0, 0.1) is 0 Å². The maximum absolute atomic E-state index is 12.6. The Bertz CT molecular complexity index is 759. The van der Waals surface area contributed by atoms with Crippen molar-refractivity contribution < 1.29 is 15.1 Å². The van der Waals surface area contributed by atoms with E-state index in [9.17, 15) is 15.1 Å². The predicted octanol–water partition coefficient (Wildman–Crippen LogP) is 2.28. The Kier molecular flexibility index (Phi) is 4.21. The van der Waals surface area contributed by atoms with Crippen LogP contribution >= 0.6 is 7.77 Å². The van der Waals surface area contributed by atoms with Crippen LogP contribution < -0.4 is 10.2 Å². The molecule has 0 amide bonds. The Morgan fingerprint density at radius 3 is 2.18 bits per heavy atom. The van der Waals surface area contributed by atoms with E-state index in [4.69, 9.17) is 0 Å². The lowest BCUT2D eigenvalue weighted by molar-refractivity contribution is -0.150. The van der Waals surface area contributed by atoms with Crippen LogP contribution in [0.25, 0.3) is 11.1 Å². The molecule has 3 rings (SSSR count). The summed E-state index contributed by atoms with van der Waals surface area (Å²) in [6.45, 7) is 0. The van der Waals surface area contributed by atoms with Crippen molar-refractivity contribution in [1.29, 1.82) is 0 Å². The standard InChI is InChI=1S/C18H15O3P/c19-16-7-4-8-17(20)18(16)22(21)15-11-9-14(10-12-15)13-5-2-1-3-6-13/h1-12,16,19-20H. The molecule has 4 heteroatoms. The van der Waals surface area contributed by atoms with Crippen molar-refractivity contribution in [3.8, 4) is 11.1 Å². The highest BCUT2D eigenvalue weighted by Crippen LogP contribution is 2.25. The van der Waals surface area contributed by atoms with Gasteiger partial charge in [0.25, 0.3) is 0 Å². The Hall–Kier alpha value is -2.19. The van der Waals surface area contributed by atoms with Crippen LogP contribution in [0.3, 0.4) is 0 Å². The molecule has 0 radical (unpaired) electrons. The maximum atomic E-state index is 12.6. The van der Waals surface area contributed by atoms with Gasteiger partial charge in [-0.15, -0.1) is 0 Å². The van der Waals surface area contributed by atoms with Gasteiger partial charge in [0.05, 0.1) is 0 Å². The second kappa shape index (κ2) is 6.29. The van der Waals surface area contributed by atoms with Gasteiger partial charge in [0.2, 0.25) is 0 Å². The minimum atomic E-state index is -2.01. The molecule has 0 heterocycles. The van der Waals surface area contributed by atoms with Gasteiger partial charge in [-0.2, -0.15) is 0 Å². The van der Waals surface area contributed by atoms with Crippen molar-refractivity contribution >= 4 is 18.4 Å². The number of benzene rings is 2. The number of allylic oxidation sites excluding steroid dienone is 2. The fourth-order valence-electron chi connectivity index (χ4n) is 2.36. The fourth-order valence-corrected chi connectivity index (χ4v) is 3.67. The van der Waals surface area contributed by atoms with Gasteiger partial charge >= 0.3 is 0 Å². The molecule has 1 aliphatic rings. The first-order valence-electron chi connectivity index (χ1n) is 6.92. The third-order valence-corrected chi connectivity index (χ3v) is 5.22. The Balaban J connectivity index is 1.96. The molecule has 0 aromatic heterocycles. The van der Waals surface area contributed by atoms with Crippen LogP contribution in [0.4, 0.5) is 0 Å².